The fraction of sp³-hybridized carbons (Fsp3) is 0.889. The molecule has 0 spiro atoms. The second-order valence-corrected chi connectivity index (χ2v) is 2.94. The maximum absolute atomic E-state index is 11.0. The third-order valence-corrected chi connectivity index (χ3v) is 1.61. The van der Waals surface area contributed by atoms with Crippen molar-refractivity contribution >= 4 is 6.03 Å². The molecule has 0 saturated heterocycles. The van der Waals surface area contributed by atoms with Crippen molar-refractivity contribution in [3.63, 3.8) is 0 Å². The van der Waals surface area contributed by atoms with Gasteiger partial charge in [0.25, 0.3) is 0 Å². The number of urea groups is 1. The van der Waals surface area contributed by atoms with Crippen LogP contribution in [-0.4, -0.2) is 38.9 Å². The normalized spacial score (nSPS) is 9.86. The molecular weight excluding hydrogens is 182 g/mol. The van der Waals surface area contributed by atoms with Crippen LogP contribution in [0.4, 0.5) is 4.79 Å². The first-order chi connectivity index (χ1) is 6.81. The van der Waals surface area contributed by atoms with Crippen LogP contribution in [0.5, 0.6) is 0 Å². The number of ether oxygens (including phenoxy) is 1. The molecule has 14 heavy (non-hydrogen) atoms. The molecule has 0 aliphatic carbocycles. The number of hydrogen-bond donors (Lipinski definition) is 3. The van der Waals surface area contributed by atoms with Crippen LogP contribution in [0.1, 0.15) is 19.8 Å². The molecule has 0 bridgehead atoms. The van der Waals surface area contributed by atoms with Crippen LogP contribution in [0.15, 0.2) is 0 Å². The van der Waals surface area contributed by atoms with Crippen molar-refractivity contribution in [3.05, 3.63) is 0 Å². The molecule has 0 aromatic rings. The fourth-order valence-electron chi connectivity index (χ4n) is 0.863. The summed E-state index contributed by atoms with van der Waals surface area (Å²) in [6.07, 6.45) is 2.09. The molecular formula is C9H21N3O2. The molecule has 4 N–H and O–H groups in total. The minimum Gasteiger partial charge on any atom is -0.378 e. The molecule has 0 saturated carbocycles. The number of unbranched alkanes of at least 4 members (excludes halogenated alkanes) is 1. The Morgan fingerprint density at radius 2 is 2.00 bits per heavy atom. The zero-order valence-electron chi connectivity index (χ0n) is 8.84. The van der Waals surface area contributed by atoms with Crippen LogP contribution < -0.4 is 16.4 Å². The average Bonchev–Trinajstić information content (AvgIpc) is 2.18. The lowest BCUT2D eigenvalue weighted by Crippen LogP contribution is -2.37. The van der Waals surface area contributed by atoms with Crippen molar-refractivity contribution in [1.29, 1.82) is 0 Å². The summed E-state index contributed by atoms with van der Waals surface area (Å²) in [5, 5.41) is 5.43. The van der Waals surface area contributed by atoms with Crippen molar-refractivity contribution in [2.24, 2.45) is 5.73 Å². The van der Waals surface area contributed by atoms with E-state index < -0.39 is 0 Å². The van der Waals surface area contributed by atoms with Gasteiger partial charge in [0.15, 0.2) is 0 Å². The van der Waals surface area contributed by atoms with Crippen molar-refractivity contribution in [2.75, 3.05) is 32.8 Å². The Morgan fingerprint density at radius 3 is 2.64 bits per heavy atom. The fourth-order valence-corrected chi connectivity index (χ4v) is 0.863. The summed E-state index contributed by atoms with van der Waals surface area (Å²) in [7, 11) is 0. The van der Waals surface area contributed by atoms with Crippen LogP contribution in [0.3, 0.4) is 0 Å². The molecule has 0 rings (SSSR count). The van der Waals surface area contributed by atoms with Gasteiger partial charge in [0, 0.05) is 19.6 Å². The summed E-state index contributed by atoms with van der Waals surface area (Å²) < 4.78 is 5.09. The summed E-state index contributed by atoms with van der Waals surface area (Å²) in [6.45, 7) is 4.91. The van der Waals surface area contributed by atoms with E-state index in [1.165, 1.54) is 0 Å². The zero-order valence-corrected chi connectivity index (χ0v) is 8.84. The molecule has 0 aromatic heterocycles. The minimum atomic E-state index is -0.130. The monoisotopic (exact) mass is 203 g/mol. The first kappa shape index (κ1) is 13.2. The van der Waals surface area contributed by atoms with Gasteiger partial charge >= 0.3 is 6.03 Å². The molecule has 2 amide bonds. The van der Waals surface area contributed by atoms with Crippen molar-refractivity contribution in [3.8, 4) is 0 Å². The summed E-state index contributed by atoms with van der Waals surface area (Å²) in [5.74, 6) is 0. The summed E-state index contributed by atoms with van der Waals surface area (Å²) in [4.78, 5) is 11.0. The van der Waals surface area contributed by atoms with Gasteiger partial charge in [0.1, 0.15) is 0 Å². The Hall–Kier alpha value is -0.810. The molecule has 0 aliphatic heterocycles. The SMILES string of the molecule is CCCCNC(=O)NCCOCCN. The number of hydrogen-bond acceptors (Lipinski definition) is 3. The minimum absolute atomic E-state index is 0.130. The third kappa shape index (κ3) is 9.28. The summed E-state index contributed by atoms with van der Waals surface area (Å²) in [6, 6.07) is -0.130. The van der Waals surface area contributed by atoms with Crippen molar-refractivity contribution in [1.82, 2.24) is 10.6 Å². The van der Waals surface area contributed by atoms with Crippen LogP contribution in [0, 0.1) is 0 Å². The van der Waals surface area contributed by atoms with E-state index in [-0.39, 0.29) is 6.03 Å². The van der Waals surface area contributed by atoms with E-state index in [0.717, 1.165) is 19.4 Å². The predicted octanol–water partition coefficient (Wildman–Crippen LogP) is 0.0610. The molecule has 0 radical (unpaired) electrons. The lowest BCUT2D eigenvalue weighted by Gasteiger charge is -2.06. The molecule has 0 heterocycles. The van der Waals surface area contributed by atoms with E-state index in [1.807, 2.05) is 0 Å². The van der Waals surface area contributed by atoms with Crippen molar-refractivity contribution < 1.29 is 9.53 Å². The second-order valence-electron chi connectivity index (χ2n) is 2.94. The first-order valence-electron chi connectivity index (χ1n) is 5.10. The van der Waals surface area contributed by atoms with E-state index in [4.69, 9.17) is 10.5 Å². The van der Waals surface area contributed by atoms with Gasteiger partial charge in [-0.1, -0.05) is 13.3 Å². The molecule has 0 fully saturated rings. The smallest absolute Gasteiger partial charge is 0.314 e. The van der Waals surface area contributed by atoms with E-state index in [9.17, 15) is 4.79 Å². The highest BCUT2D eigenvalue weighted by molar-refractivity contribution is 5.73. The standard InChI is InChI=1S/C9H21N3O2/c1-2-3-5-11-9(13)12-6-8-14-7-4-10/h2-8,10H2,1H3,(H2,11,12,13). The Bertz CT molecular complexity index is 142. The second kappa shape index (κ2) is 10.3. The molecule has 0 aliphatic rings. The Balaban J connectivity index is 3.10. The lowest BCUT2D eigenvalue weighted by atomic mass is 10.3. The largest absolute Gasteiger partial charge is 0.378 e. The quantitative estimate of drug-likeness (QED) is 0.488. The molecule has 0 atom stereocenters. The van der Waals surface area contributed by atoms with Crippen LogP contribution in [0.25, 0.3) is 0 Å². The number of nitrogens with one attached hydrogen (secondary N) is 2. The first-order valence-corrected chi connectivity index (χ1v) is 5.10. The Labute approximate surface area is 85.4 Å². The summed E-state index contributed by atoms with van der Waals surface area (Å²) in [5.41, 5.74) is 5.23. The van der Waals surface area contributed by atoms with Crippen LogP contribution in [-0.2, 0) is 4.74 Å². The Kier molecular flexibility index (Phi) is 9.68. The van der Waals surface area contributed by atoms with Crippen LogP contribution in [0.2, 0.25) is 0 Å². The van der Waals surface area contributed by atoms with Gasteiger partial charge in [0.05, 0.1) is 13.2 Å². The predicted molar refractivity (Wildman–Crippen MR) is 56.2 cm³/mol. The van der Waals surface area contributed by atoms with Gasteiger partial charge in [0.2, 0.25) is 0 Å². The molecule has 5 nitrogen and oxygen atoms in total. The van der Waals surface area contributed by atoms with Crippen molar-refractivity contribution in [2.45, 2.75) is 19.8 Å². The number of rotatable bonds is 8. The van der Waals surface area contributed by atoms with Gasteiger partial charge in [-0.2, -0.15) is 0 Å². The summed E-state index contributed by atoms with van der Waals surface area (Å²) >= 11 is 0. The highest BCUT2D eigenvalue weighted by Crippen LogP contribution is 1.81. The highest BCUT2D eigenvalue weighted by Gasteiger charge is 1.96. The third-order valence-electron chi connectivity index (χ3n) is 1.61. The Morgan fingerprint density at radius 1 is 1.29 bits per heavy atom. The van der Waals surface area contributed by atoms with Gasteiger partial charge in [-0.05, 0) is 6.42 Å². The zero-order chi connectivity index (χ0) is 10.6. The number of carbonyl (C=O) groups is 1. The number of nitrogens with two attached hydrogens (primary N) is 1. The van der Waals surface area contributed by atoms with Gasteiger partial charge in [-0.15, -0.1) is 0 Å². The number of carbonyl (C=O) groups excluding carboxylic acids is 1. The topological polar surface area (TPSA) is 76.4 Å². The molecule has 84 valence electrons. The van der Waals surface area contributed by atoms with E-state index >= 15 is 0 Å². The van der Waals surface area contributed by atoms with Gasteiger partial charge in [-0.3, -0.25) is 0 Å². The lowest BCUT2D eigenvalue weighted by molar-refractivity contribution is 0.143. The van der Waals surface area contributed by atoms with Gasteiger partial charge < -0.3 is 21.1 Å². The van der Waals surface area contributed by atoms with E-state index in [2.05, 4.69) is 17.6 Å². The average molecular weight is 203 g/mol. The van der Waals surface area contributed by atoms with Crippen LogP contribution >= 0.6 is 0 Å². The maximum atomic E-state index is 11.0. The van der Waals surface area contributed by atoms with E-state index in [0.29, 0.717) is 26.3 Å². The van der Waals surface area contributed by atoms with E-state index in [1.54, 1.807) is 0 Å². The number of amides is 2. The van der Waals surface area contributed by atoms with Gasteiger partial charge in [-0.25, -0.2) is 4.79 Å². The maximum Gasteiger partial charge on any atom is 0.314 e. The molecule has 0 unspecified atom stereocenters. The molecule has 0 aromatic carbocycles. The molecule has 5 heteroatoms. The highest BCUT2D eigenvalue weighted by atomic mass is 16.5.